The van der Waals surface area contributed by atoms with Crippen molar-refractivity contribution in [3.8, 4) is 0 Å². The van der Waals surface area contributed by atoms with Gasteiger partial charge in [-0.05, 0) is 43.5 Å². The van der Waals surface area contributed by atoms with Gasteiger partial charge in [-0.2, -0.15) is 4.31 Å². The molecular weight excluding hydrogens is 248 g/mol. The first-order chi connectivity index (χ1) is 8.57. The molecule has 5 heteroatoms. The minimum absolute atomic E-state index is 0.351. The van der Waals surface area contributed by atoms with Gasteiger partial charge in [0, 0.05) is 19.1 Å². The third-order valence-corrected chi connectivity index (χ3v) is 5.78. The van der Waals surface area contributed by atoms with Gasteiger partial charge in [-0.3, -0.25) is 0 Å². The number of hydrogen-bond donors (Lipinski definition) is 1. The predicted octanol–water partition coefficient (Wildman–Crippen LogP) is 0.977. The molecule has 2 fully saturated rings. The van der Waals surface area contributed by atoms with Crippen molar-refractivity contribution < 1.29 is 8.42 Å². The predicted molar refractivity (Wildman–Crippen MR) is 69.8 cm³/mol. The van der Waals surface area contributed by atoms with E-state index in [4.69, 9.17) is 0 Å². The van der Waals surface area contributed by atoms with E-state index in [-0.39, 0.29) is 0 Å². The fraction of sp³-hybridized carbons (Fsp3) is 0.538. The highest BCUT2D eigenvalue weighted by Gasteiger charge is 2.41. The molecule has 18 heavy (non-hydrogen) atoms. The standard InChI is InChI=1S/C13H18N2O2S/c1-10-3-2-4-12(7-10)18(16,17)15-8-11-5-6-14-13(11)9-15/h2-4,7,11,13-14H,5-6,8-9H2,1H3/t11-,13-/m0/s1. The van der Waals surface area contributed by atoms with Crippen LogP contribution in [-0.4, -0.2) is 38.4 Å². The molecule has 0 radical (unpaired) electrons. The van der Waals surface area contributed by atoms with Crippen molar-refractivity contribution in [2.24, 2.45) is 5.92 Å². The molecule has 2 atom stereocenters. The van der Waals surface area contributed by atoms with Gasteiger partial charge in [0.1, 0.15) is 0 Å². The maximum Gasteiger partial charge on any atom is 0.243 e. The second kappa shape index (κ2) is 4.33. The van der Waals surface area contributed by atoms with Crippen molar-refractivity contribution in [1.82, 2.24) is 9.62 Å². The van der Waals surface area contributed by atoms with Crippen LogP contribution in [0.15, 0.2) is 29.2 Å². The second-order valence-electron chi connectivity index (χ2n) is 5.25. The molecule has 2 aliphatic rings. The molecule has 3 rings (SSSR count). The van der Waals surface area contributed by atoms with Crippen LogP contribution >= 0.6 is 0 Å². The SMILES string of the molecule is Cc1cccc(S(=O)(=O)N2C[C@@H]3CCN[C@H]3C2)c1. The van der Waals surface area contributed by atoms with Crippen LogP contribution in [0.3, 0.4) is 0 Å². The molecule has 4 nitrogen and oxygen atoms in total. The molecule has 0 amide bonds. The van der Waals surface area contributed by atoms with E-state index in [2.05, 4.69) is 5.32 Å². The van der Waals surface area contributed by atoms with Gasteiger partial charge in [0.25, 0.3) is 0 Å². The third kappa shape index (κ3) is 1.96. The Kier molecular flexibility index (Phi) is 2.92. The van der Waals surface area contributed by atoms with E-state index < -0.39 is 10.0 Å². The lowest BCUT2D eigenvalue weighted by Crippen LogP contribution is -2.34. The number of nitrogens with one attached hydrogen (secondary N) is 1. The lowest BCUT2D eigenvalue weighted by Gasteiger charge is -2.17. The first-order valence-electron chi connectivity index (χ1n) is 6.37. The summed E-state index contributed by atoms with van der Waals surface area (Å²) in [5.41, 5.74) is 0.980. The van der Waals surface area contributed by atoms with Crippen LogP contribution in [0.25, 0.3) is 0 Å². The van der Waals surface area contributed by atoms with Crippen LogP contribution in [0.2, 0.25) is 0 Å². The summed E-state index contributed by atoms with van der Waals surface area (Å²) in [6, 6.07) is 7.50. The Morgan fingerprint density at radius 2 is 2.17 bits per heavy atom. The minimum Gasteiger partial charge on any atom is -0.312 e. The smallest absolute Gasteiger partial charge is 0.243 e. The Morgan fingerprint density at radius 3 is 2.89 bits per heavy atom. The van der Waals surface area contributed by atoms with E-state index in [0.717, 1.165) is 18.5 Å². The topological polar surface area (TPSA) is 49.4 Å². The van der Waals surface area contributed by atoms with Gasteiger partial charge in [0.05, 0.1) is 4.90 Å². The molecule has 0 aromatic heterocycles. The van der Waals surface area contributed by atoms with Gasteiger partial charge in [0.2, 0.25) is 10.0 Å². The Labute approximate surface area is 108 Å². The summed E-state index contributed by atoms with van der Waals surface area (Å²) in [5.74, 6) is 0.490. The van der Waals surface area contributed by atoms with E-state index in [1.807, 2.05) is 13.0 Å². The average Bonchev–Trinajstić information content (AvgIpc) is 2.89. The maximum absolute atomic E-state index is 12.5. The molecule has 1 aromatic rings. The molecule has 2 aliphatic heterocycles. The molecule has 0 aliphatic carbocycles. The van der Waals surface area contributed by atoms with E-state index in [1.54, 1.807) is 22.5 Å². The Hall–Kier alpha value is -0.910. The molecule has 0 spiro atoms. The lowest BCUT2D eigenvalue weighted by atomic mass is 10.1. The van der Waals surface area contributed by atoms with Gasteiger partial charge in [-0.25, -0.2) is 8.42 Å². The lowest BCUT2D eigenvalue weighted by molar-refractivity contribution is 0.448. The zero-order valence-corrected chi connectivity index (χ0v) is 11.3. The number of benzene rings is 1. The van der Waals surface area contributed by atoms with Crippen LogP contribution in [0, 0.1) is 12.8 Å². The van der Waals surface area contributed by atoms with Gasteiger partial charge in [0.15, 0.2) is 0 Å². The van der Waals surface area contributed by atoms with Crippen LogP contribution in [-0.2, 0) is 10.0 Å². The summed E-state index contributed by atoms with van der Waals surface area (Å²) in [5, 5.41) is 3.38. The summed E-state index contributed by atoms with van der Waals surface area (Å²) in [6.07, 6.45) is 1.09. The Bertz CT molecular complexity index is 544. The number of fused-ring (bicyclic) bond motifs is 1. The quantitative estimate of drug-likeness (QED) is 0.868. The van der Waals surface area contributed by atoms with Crippen molar-refractivity contribution in [3.05, 3.63) is 29.8 Å². The zero-order chi connectivity index (χ0) is 12.8. The van der Waals surface area contributed by atoms with Gasteiger partial charge >= 0.3 is 0 Å². The summed E-state index contributed by atoms with van der Waals surface area (Å²) in [6.45, 7) is 4.21. The van der Waals surface area contributed by atoms with Crippen molar-refractivity contribution in [1.29, 1.82) is 0 Å². The molecule has 1 aromatic carbocycles. The zero-order valence-electron chi connectivity index (χ0n) is 10.5. The largest absolute Gasteiger partial charge is 0.312 e. The maximum atomic E-state index is 12.5. The van der Waals surface area contributed by atoms with E-state index in [0.29, 0.717) is 29.9 Å². The molecule has 0 saturated carbocycles. The summed E-state index contributed by atoms with van der Waals surface area (Å²) < 4.78 is 26.7. The number of aryl methyl sites for hydroxylation is 1. The van der Waals surface area contributed by atoms with E-state index in [9.17, 15) is 8.42 Å². The number of sulfonamides is 1. The van der Waals surface area contributed by atoms with Gasteiger partial charge in [-0.1, -0.05) is 12.1 Å². The highest BCUT2D eigenvalue weighted by molar-refractivity contribution is 7.89. The second-order valence-corrected chi connectivity index (χ2v) is 7.19. The number of nitrogens with zero attached hydrogens (tertiary/aromatic N) is 1. The van der Waals surface area contributed by atoms with E-state index >= 15 is 0 Å². The Balaban J connectivity index is 1.87. The molecule has 0 bridgehead atoms. The molecule has 2 heterocycles. The minimum atomic E-state index is -3.31. The van der Waals surface area contributed by atoms with Gasteiger partial charge in [-0.15, -0.1) is 0 Å². The molecule has 1 N–H and O–H groups in total. The van der Waals surface area contributed by atoms with Crippen LogP contribution in [0.1, 0.15) is 12.0 Å². The van der Waals surface area contributed by atoms with Crippen LogP contribution < -0.4 is 5.32 Å². The van der Waals surface area contributed by atoms with Crippen LogP contribution in [0.5, 0.6) is 0 Å². The highest BCUT2D eigenvalue weighted by atomic mass is 32.2. The number of hydrogen-bond acceptors (Lipinski definition) is 3. The first kappa shape index (κ1) is 12.1. The normalized spacial score (nSPS) is 28.5. The molecule has 2 saturated heterocycles. The fourth-order valence-electron chi connectivity index (χ4n) is 2.93. The first-order valence-corrected chi connectivity index (χ1v) is 7.81. The highest BCUT2D eigenvalue weighted by Crippen LogP contribution is 2.29. The third-order valence-electron chi connectivity index (χ3n) is 3.96. The average molecular weight is 266 g/mol. The van der Waals surface area contributed by atoms with Crippen molar-refractivity contribution >= 4 is 10.0 Å². The number of rotatable bonds is 2. The Morgan fingerprint density at radius 1 is 1.33 bits per heavy atom. The summed E-state index contributed by atoms with van der Waals surface area (Å²) in [7, 11) is -3.31. The summed E-state index contributed by atoms with van der Waals surface area (Å²) in [4.78, 5) is 0.419. The molecule has 0 unspecified atom stereocenters. The monoisotopic (exact) mass is 266 g/mol. The van der Waals surface area contributed by atoms with Crippen molar-refractivity contribution in [3.63, 3.8) is 0 Å². The van der Waals surface area contributed by atoms with Crippen molar-refractivity contribution in [2.75, 3.05) is 19.6 Å². The van der Waals surface area contributed by atoms with E-state index in [1.165, 1.54) is 0 Å². The van der Waals surface area contributed by atoms with Crippen molar-refractivity contribution in [2.45, 2.75) is 24.3 Å². The fourth-order valence-corrected chi connectivity index (χ4v) is 4.56. The molecule has 98 valence electrons. The van der Waals surface area contributed by atoms with Gasteiger partial charge < -0.3 is 5.32 Å². The summed E-state index contributed by atoms with van der Waals surface area (Å²) >= 11 is 0. The van der Waals surface area contributed by atoms with Crippen LogP contribution in [0.4, 0.5) is 0 Å². The molecular formula is C13H18N2O2S.